The molecule has 1 aliphatic rings. The number of rotatable bonds is 2. The zero-order valence-corrected chi connectivity index (χ0v) is 16.3. The molecule has 0 saturated heterocycles. The van der Waals surface area contributed by atoms with Crippen LogP contribution in [0.3, 0.4) is 0 Å². The van der Waals surface area contributed by atoms with Crippen molar-refractivity contribution in [2.45, 2.75) is 46.2 Å². The van der Waals surface area contributed by atoms with E-state index in [0.29, 0.717) is 24.1 Å². The number of benzene rings is 1. The molecule has 0 spiro atoms. The second kappa shape index (κ2) is 5.60. The number of nitrogens with zero attached hydrogens (tertiary/aromatic N) is 7. The van der Waals surface area contributed by atoms with Crippen LogP contribution in [0.25, 0.3) is 16.8 Å². The fourth-order valence-corrected chi connectivity index (χ4v) is 4.06. The standard InChI is InChI=1S/C20H21N7O/c1-12-9-13(2)27-18(21-12)23-16(24-27)10-17(28)26-19-22-14-7-5-6-8-15(14)25(19)11-20(26,3)4/h5-9H,10-11H2,1-4H3. The first kappa shape index (κ1) is 16.9. The molecule has 8 nitrogen and oxygen atoms in total. The summed E-state index contributed by atoms with van der Waals surface area (Å²) in [4.78, 5) is 28.6. The molecule has 5 rings (SSSR count). The van der Waals surface area contributed by atoms with Crippen LogP contribution in [-0.2, 0) is 17.8 Å². The van der Waals surface area contributed by atoms with E-state index in [4.69, 9.17) is 4.98 Å². The van der Waals surface area contributed by atoms with E-state index < -0.39 is 0 Å². The Hall–Kier alpha value is -3.29. The third-order valence-corrected chi connectivity index (χ3v) is 5.21. The number of amides is 1. The van der Waals surface area contributed by atoms with Crippen LogP contribution >= 0.6 is 0 Å². The summed E-state index contributed by atoms with van der Waals surface area (Å²) in [6.07, 6.45) is 0.106. The van der Waals surface area contributed by atoms with E-state index in [2.05, 4.69) is 33.5 Å². The van der Waals surface area contributed by atoms with Gasteiger partial charge in [0, 0.05) is 17.9 Å². The summed E-state index contributed by atoms with van der Waals surface area (Å²) in [5.74, 6) is 1.61. The van der Waals surface area contributed by atoms with Gasteiger partial charge in [-0.15, -0.1) is 5.10 Å². The van der Waals surface area contributed by atoms with Crippen LogP contribution in [0, 0.1) is 13.8 Å². The van der Waals surface area contributed by atoms with Crippen LogP contribution in [0.1, 0.15) is 31.1 Å². The fourth-order valence-electron chi connectivity index (χ4n) is 4.06. The van der Waals surface area contributed by atoms with E-state index in [1.165, 1.54) is 0 Å². The Morgan fingerprint density at radius 3 is 2.75 bits per heavy atom. The Bertz CT molecular complexity index is 1250. The lowest BCUT2D eigenvalue weighted by molar-refractivity contribution is -0.119. The molecular weight excluding hydrogens is 354 g/mol. The van der Waals surface area contributed by atoms with Gasteiger partial charge >= 0.3 is 0 Å². The highest BCUT2D eigenvalue weighted by molar-refractivity contribution is 5.97. The zero-order chi connectivity index (χ0) is 19.6. The summed E-state index contributed by atoms with van der Waals surface area (Å²) < 4.78 is 3.79. The second-order valence-corrected chi connectivity index (χ2v) is 7.98. The molecule has 0 saturated carbocycles. The smallest absolute Gasteiger partial charge is 0.252 e. The van der Waals surface area contributed by atoms with E-state index in [0.717, 1.165) is 22.4 Å². The molecule has 0 bridgehead atoms. The summed E-state index contributed by atoms with van der Waals surface area (Å²) in [7, 11) is 0. The minimum Gasteiger partial charge on any atom is -0.307 e. The number of aryl methyl sites for hydroxylation is 2. The van der Waals surface area contributed by atoms with Gasteiger partial charge in [0.1, 0.15) is 0 Å². The molecule has 8 heteroatoms. The molecule has 3 aromatic heterocycles. The number of aromatic nitrogens is 6. The lowest BCUT2D eigenvalue weighted by atomic mass is 10.0. The van der Waals surface area contributed by atoms with Crippen LogP contribution in [0.15, 0.2) is 30.3 Å². The molecule has 0 radical (unpaired) electrons. The zero-order valence-electron chi connectivity index (χ0n) is 16.3. The van der Waals surface area contributed by atoms with Gasteiger partial charge in [-0.25, -0.2) is 14.5 Å². The summed E-state index contributed by atoms with van der Waals surface area (Å²) in [5.41, 5.74) is 3.39. The van der Waals surface area contributed by atoms with Gasteiger partial charge in [-0.05, 0) is 45.9 Å². The van der Waals surface area contributed by atoms with Crippen molar-refractivity contribution in [1.82, 2.24) is 29.1 Å². The van der Waals surface area contributed by atoms with E-state index in [-0.39, 0.29) is 17.9 Å². The summed E-state index contributed by atoms with van der Waals surface area (Å²) in [6.45, 7) is 8.69. The van der Waals surface area contributed by atoms with Crippen LogP contribution in [-0.4, -0.2) is 40.6 Å². The number of anilines is 1. The topological polar surface area (TPSA) is 81.2 Å². The van der Waals surface area contributed by atoms with Crippen molar-refractivity contribution in [2.24, 2.45) is 0 Å². The molecule has 0 N–H and O–H groups in total. The Labute approximate surface area is 161 Å². The second-order valence-electron chi connectivity index (χ2n) is 7.98. The number of carbonyl (C=O) groups excluding carboxylic acids is 1. The van der Waals surface area contributed by atoms with Gasteiger partial charge in [-0.1, -0.05) is 12.1 Å². The van der Waals surface area contributed by atoms with Crippen molar-refractivity contribution >= 4 is 28.7 Å². The highest BCUT2D eigenvalue weighted by atomic mass is 16.2. The average Bonchev–Trinajstić information content (AvgIpc) is 3.23. The molecular formula is C20H21N7O. The number of fused-ring (bicyclic) bond motifs is 4. The van der Waals surface area contributed by atoms with E-state index in [1.54, 1.807) is 9.42 Å². The van der Waals surface area contributed by atoms with Crippen LogP contribution in [0.5, 0.6) is 0 Å². The third-order valence-electron chi connectivity index (χ3n) is 5.21. The number of para-hydroxylation sites is 2. The first-order valence-corrected chi connectivity index (χ1v) is 9.32. The van der Waals surface area contributed by atoms with Crippen molar-refractivity contribution in [3.05, 3.63) is 47.5 Å². The van der Waals surface area contributed by atoms with Crippen LogP contribution in [0.4, 0.5) is 5.95 Å². The molecule has 4 heterocycles. The van der Waals surface area contributed by atoms with Crippen molar-refractivity contribution in [2.75, 3.05) is 4.90 Å². The van der Waals surface area contributed by atoms with Gasteiger partial charge < -0.3 is 4.57 Å². The Morgan fingerprint density at radius 1 is 1.14 bits per heavy atom. The molecule has 142 valence electrons. The van der Waals surface area contributed by atoms with Gasteiger partial charge in [0.05, 0.1) is 23.0 Å². The minimum atomic E-state index is -0.368. The van der Waals surface area contributed by atoms with Crippen molar-refractivity contribution in [1.29, 1.82) is 0 Å². The lowest BCUT2D eigenvalue weighted by Gasteiger charge is -2.29. The summed E-state index contributed by atoms with van der Waals surface area (Å²) in [6, 6.07) is 9.90. The molecule has 4 aromatic rings. The van der Waals surface area contributed by atoms with Crippen LogP contribution in [0.2, 0.25) is 0 Å². The predicted octanol–water partition coefficient (Wildman–Crippen LogP) is 2.46. The molecule has 0 unspecified atom stereocenters. The first-order chi connectivity index (χ1) is 13.3. The van der Waals surface area contributed by atoms with Crippen molar-refractivity contribution < 1.29 is 4.79 Å². The van der Waals surface area contributed by atoms with Gasteiger partial charge in [0.25, 0.3) is 5.78 Å². The number of carbonyl (C=O) groups is 1. The van der Waals surface area contributed by atoms with E-state index in [9.17, 15) is 4.79 Å². The largest absolute Gasteiger partial charge is 0.307 e. The lowest BCUT2D eigenvalue weighted by Crippen LogP contribution is -2.46. The number of hydrogen-bond acceptors (Lipinski definition) is 5. The Morgan fingerprint density at radius 2 is 1.93 bits per heavy atom. The molecule has 1 aliphatic heterocycles. The van der Waals surface area contributed by atoms with Gasteiger partial charge in [0.15, 0.2) is 5.82 Å². The predicted molar refractivity (Wildman–Crippen MR) is 105 cm³/mol. The molecule has 28 heavy (non-hydrogen) atoms. The highest BCUT2D eigenvalue weighted by Crippen LogP contribution is 2.36. The third kappa shape index (κ3) is 2.41. The molecule has 1 amide bonds. The molecule has 0 atom stereocenters. The normalized spacial score (nSPS) is 15.5. The summed E-state index contributed by atoms with van der Waals surface area (Å²) >= 11 is 0. The van der Waals surface area contributed by atoms with Crippen molar-refractivity contribution in [3.63, 3.8) is 0 Å². The average molecular weight is 375 g/mol. The van der Waals surface area contributed by atoms with Gasteiger partial charge in [0.2, 0.25) is 11.9 Å². The first-order valence-electron chi connectivity index (χ1n) is 9.32. The highest BCUT2D eigenvalue weighted by Gasteiger charge is 2.42. The van der Waals surface area contributed by atoms with Gasteiger partial charge in [-0.2, -0.15) is 4.98 Å². The van der Waals surface area contributed by atoms with E-state index >= 15 is 0 Å². The maximum absolute atomic E-state index is 13.3. The Balaban J connectivity index is 1.52. The monoisotopic (exact) mass is 375 g/mol. The quantitative estimate of drug-likeness (QED) is 0.538. The SMILES string of the molecule is Cc1cc(C)n2nc(CC(=O)N3c4nc5ccccc5n4CC3(C)C)nc2n1. The molecule has 1 aromatic carbocycles. The maximum atomic E-state index is 13.3. The van der Waals surface area contributed by atoms with Crippen LogP contribution < -0.4 is 4.90 Å². The maximum Gasteiger partial charge on any atom is 0.252 e. The molecule has 0 fully saturated rings. The number of imidazole rings is 1. The fraction of sp³-hybridized carbons (Fsp3) is 0.350. The minimum absolute atomic E-state index is 0.0654. The number of hydrogen-bond donors (Lipinski definition) is 0. The van der Waals surface area contributed by atoms with Gasteiger partial charge in [-0.3, -0.25) is 9.69 Å². The van der Waals surface area contributed by atoms with E-state index in [1.807, 2.05) is 44.2 Å². The molecule has 0 aliphatic carbocycles. The summed E-state index contributed by atoms with van der Waals surface area (Å²) in [5, 5.41) is 4.48. The Kier molecular flexibility index (Phi) is 3.37. The van der Waals surface area contributed by atoms with Crippen molar-refractivity contribution in [3.8, 4) is 0 Å².